The van der Waals surface area contributed by atoms with Crippen LogP contribution < -0.4 is 5.32 Å². The van der Waals surface area contributed by atoms with Crippen molar-refractivity contribution in [2.75, 3.05) is 26.2 Å². The maximum absolute atomic E-state index is 12.8. The average Bonchev–Trinajstić information content (AvgIpc) is 3.29. The van der Waals surface area contributed by atoms with Gasteiger partial charge in [0.1, 0.15) is 6.04 Å². The molecular weight excluding hydrogens is 254 g/mol. The van der Waals surface area contributed by atoms with E-state index in [1.807, 2.05) is 4.90 Å². The normalized spacial score (nSPS) is 33.0. The van der Waals surface area contributed by atoms with Crippen molar-refractivity contribution < 1.29 is 9.59 Å². The summed E-state index contributed by atoms with van der Waals surface area (Å²) in [5, 5.41) is 2.94. The number of nitrogens with zero attached hydrogens (tertiary/aromatic N) is 2. The van der Waals surface area contributed by atoms with E-state index >= 15 is 0 Å². The Hall–Kier alpha value is -1.10. The Morgan fingerprint density at radius 3 is 2.70 bits per heavy atom. The summed E-state index contributed by atoms with van der Waals surface area (Å²) in [5.74, 6) is 0.597. The van der Waals surface area contributed by atoms with Gasteiger partial charge >= 0.3 is 0 Å². The number of hydrogen-bond donors (Lipinski definition) is 1. The van der Waals surface area contributed by atoms with Crippen molar-refractivity contribution in [3.8, 4) is 0 Å². The molecule has 3 aliphatic rings. The van der Waals surface area contributed by atoms with Crippen molar-refractivity contribution >= 4 is 11.8 Å². The van der Waals surface area contributed by atoms with Crippen molar-refractivity contribution in [2.24, 2.45) is 5.92 Å². The second kappa shape index (κ2) is 5.72. The second-order valence-electron chi connectivity index (χ2n) is 6.35. The second-order valence-corrected chi connectivity index (χ2v) is 6.35. The molecule has 2 atom stereocenters. The quantitative estimate of drug-likeness (QED) is 0.823. The van der Waals surface area contributed by atoms with Crippen molar-refractivity contribution in [1.82, 2.24) is 15.1 Å². The van der Waals surface area contributed by atoms with Crippen molar-refractivity contribution in [3.63, 3.8) is 0 Å². The highest BCUT2D eigenvalue weighted by Crippen LogP contribution is 2.34. The van der Waals surface area contributed by atoms with E-state index in [1.165, 1.54) is 0 Å². The maximum atomic E-state index is 12.8. The molecule has 1 aliphatic carbocycles. The summed E-state index contributed by atoms with van der Waals surface area (Å²) in [6, 6.07) is 0.0483. The third-order valence-electron chi connectivity index (χ3n) is 4.91. The third kappa shape index (κ3) is 2.82. The Labute approximate surface area is 120 Å². The van der Waals surface area contributed by atoms with Gasteiger partial charge in [-0.3, -0.25) is 9.59 Å². The molecule has 0 spiro atoms. The summed E-state index contributed by atoms with van der Waals surface area (Å²) in [7, 11) is 0. The molecule has 1 N–H and O–H groups in total. The van der Waals surface area contributed by atoms with Gasteiger partial charge in [0.2, 0.25) is 11.8 Å². The molecule has 2 unspecified atom stereocenters. The summed E-state index contributed by atoms with van der Waals surface area (Å²) in [5.41, 5.74) is 0. The van der Waals surface area contributed by atoms with E-state index in [2.05, 4.69) is 17.1 Å². The lowest BCUT2D eigenvalue weighted by Crippen LogP contribution is -2.54. The van der Waals surface area contributed by atoms with Crippen molar-refractivity contribution in [2.45, 2.75) is 51.1 Å². The monoisotopic (exact) mass is 279 g/mol. The summed E-state index contributed by atoms with van der Waals surface area (Å²) < 4.78 is 0. The number of rotatable bonds is 3. The average molecular weight is 279 g/mol. The van der Waals surface area contributed by atoms with E-state index in [-0.39, 0.29) is 17.9 Å². The lowest BCUT2D eigenvalue weighted by molar-refractivity contribution is -0.137. The molecule has 1 saturated carbocycles. The van der Waals surface area contributed by atoms with E-state index < -0.39 is 0 Å². The molecule has 3 rings (SSSR count). The first-order chi connectivity index (χ1) is 9.69. The van der Waals surface area contributed by atoms with Crippen LogP contribution in [0.3, 0.4) is 0 Å². The van der Waals surface area contributed by atoms with Gasteiger partial charge in [-0.2, -0.15) is 0 Å². The molecule has 0 aromatic carbocycles. The molecule has 20 heavy (non-hydrogen) atoms. The van der Waals surface area contributed by atoms with Gasteiger partial charge in [0.15, 0.2) is 0 Å². The Morgan fingerprint density at radius 2 is 2.00 bits per heavy atom. The molecular formula is C15H25N3O2. The van der Waals surface area contributed by atoms with Crippen LogP contribution in [0, 0.1) is 5.92 Å². The smallest absolute Gasteiger partial charge is 0.245 e. The van der Waals surface area contributed by atoms with Crippen LogP contribution in [-0.4, -0.2) is 59.9 Å². The predicted octanol–water partition coefficient (Wildman–Crippen LogP) is 0.598. The lowest BCUT2D eigenvalue weighted by atomic mass is 10.0. The van der Waals surface area contributed by atoms with Gasteiger partial charge in [-0.15, -0.1) is 0 Å². The highest BCUT2D eigenvalue weighted by molar-refractivity contribution is 5.90. The van der Waals surface area contributed by atoms with Crippen LogP contribution in [0.2, 0.25) is 0 Å². The number of carbonyl (C=O) groups excluding carboxylic acids is 2. The first-order valence-corrected chi connectivity index (χ1v) is 8.01. The molecule has 5 heteroatoms. The fourth-order valence-electron chi connectivity index (χ4n) is 3.50. The number of amides is 2. The molecule has 3 fully saturated rings. The van der Waals surface area contributed by atoms with Crippen LogP contribution in [-0.2, 0) is 9.59 Å². The zero-order valence-electron chi connectivity index (χ0n) is 12.3. The maximum Gasteiger partial charge on any atom is 0.245 e. The molecule has 0 aromatic heterocycles. The van der Waals surface area contributed by atoms with Gasteiger partial charge in [-0.05, 0) is 44.7 Å². The summed E-state index contributed by atoms with van der Waals surface area (Å²) in [6.07, 6.45) is 4.84. The Kier molecular flexibility index (Phi) is 3.96. The third-order valence-corrected chi connectivity index (χ3v) is 4.91. The van der Waals surface area contributed by atoms with E-state index in [0.29, 0.717) is 24.9 Å². The van der Waals surface area contributed by atoms with Gasteiger partial charge in [0, 0.05) is 25.6 Å². The number of hydrogen-bond acceptors (Lipinski definition) is 3. The SMILES string of the molecule is CCN1CCCC(N2CCC(=O)NC(C3CC3)C2=O)C1. The van der Waals surface area contributed by atoms with Gasteiger partial charge in [-0.25, -0.2) is 0 Å². The molecule has 0 bridgehead atoms. The first kappa shape index (κ1) is 13.9. The number of likely N-dealkylation sites (N-methyl/N-ethyl adjacent to an activating group) is 1. The Morgan fingerprint density at radius 1 is 1.20 bits per heavy atom. The Balaban J connectivity index is 1.72. The molecule has 0 aromatic rings. The summed E-state index contributed by atoms with van der Waals surface area (Å²) in [6.45, 7) is 5.91. The van der Waals surface area contributed by atoms with E-state index in [9.17, 15) is 9.59 Å². The van der Waals surface area contributed by atoms with Crippen LogP contribution >= 0.6 is 0 Å². The van der Waals surface area contributed by atoms with Crippen LogP contribution in [0.25, 0.3) is 0 Å². The van der Waals surface area contributed by atoms with Gasteiger partial charge < -0.3 is 15.1 Å². The Bertz CT molecular complexity index is 395. The fourth-order valence-corrected chi connectivity index (χ4v) is 3.50. The largest absolute Gasteiger partial charge is 0.344 e. The van der Waals surface area contributed by atoms with Crippen molar-refractivity contribution in [3.05, 3.63) is 0 Å². The van der Waals surface area contributed by atoms with E-state index in [1.54, 1.807) is 0 Å². The lowest BCUT2D eigenvalue weighted by Gasteiger charge is -2.39. The van der Waals surface area contributed by atoms with Gasteiger partial charge in [0.05, 0.1) is 0 Å². The zero-order valence-corrected chi connectivity index (χ0v) is 12.3. The minimum absolute atomic E-state index is 0.0425. The van der Waals surface area contributed by atoms with Crippen LogP contribution in [0.1, 0.15) is 39.0 Å². The van der Waals surface area contributed by atoms with Crippen molar-refractivity contribution in [1.29, 1.82) is 0 Å². The van der Waals surface area contributed by atoms with Crippen LogP contribution in [0.15, 0.2) is 0 Å². The highest BCUT2D eigenvalue weighted by atomic mass is 16.2. The van der Waals surface area contributed by atoms with E-state index in [4.69, 9.17) is 0 Å². The topological polar surface area (TPSA) is 52.6 Å². The molecule has 2 heterocycles. The van der Waals surface area contributed by atoms with Crippen LogP contribution in [0.4, 0.5) is 0 Å². The summed E-state index contributed by atoms with van der Waals surface area (Å²) in [4.78, 5) is 29.0. The molecule has 2 saturated heterocycles. The first-order valence-electron chi connectivity index (χ1n) is 8.01. The predicted molar refractivity (Wildman–Crippen MR) is 76.1 cm³/mol. The van der Waals surface area contributed by atoms with Gasteiger partial charge in [-0.1, -0.05) is 6.92 Å². The molecule has 2 amide bonds. The summed E-state index contributed by atoms with van der Waals surface area (Å²) >= 11 is 0. The minimum Gasteiger partial charge on any atom is -0.344 e. The number of likely N-dealkylation sites (tertiary alicyclic amines) is 1. The fraction of sp³-hybridized carbons (Fsp3) is 0.867. The number of carbonyl (C=O) groups is 2. The van der Waals surface area contributed by atoms with Gasteiger partial charge in [0.25, 0.3) is 0 Å². The zero-order chi connectivity index (χ0) is 14.1. The molecule has 2 aliphatic heterocycles. The van der Waals surface area contributed by atoms with E-state index in [0.717, 1.165) is 45.3 Å². The highest BCUT2D eigenvalue weighted by Gasteiger charge is 2.42. The number of piperidine rings is 1. The molecule has 112 valence electrons. The molecule has 5 nitrogen and oxygen atoms in total. The number of nitrogens with one attached hydrogen (secondary N) is 1. The molecule has 0 radical (unpaired) electrons. The van der Waals surface area contributed by atoms with Crippen LogP contribution in [0.5, 0.6) is 0 Å². The minimum atomic E-state index is -0.248. The standard InChI is InChI=1S/C15H25N3O2/c1-2-17-8-3-4-12(10-17)18-9-7-13(19)16-14(15(18)20)11-5-6-11/h11-12,14H,2-10H2,1H3,(H,16,19).